The fourth-order valence-electron chi connectivity index (χ4n) is 3.64. The lowest BCUT2D eigenvalue weighted by atomic mass is 10.0. The van der Waals surface area contributed by atoms with Gasteiger partial charge < -0.3 is 15.4 Å². The molecule has 4 N–H and O–H groups in total. The first-order valence-electron chi connectivity index (χ1n) is 9.57. The second kappa shape index (κ2) is 7.54. The summed E-state index contributed by atoms with van der Waals surface area (Å²) in [5.74, 6) is 1.62. The molecule has 0 radical (unpaired) electrons. The zero-order valence-corrected chi connectivity index (χ0v) is 17.0. The van der Waals surface area contributed by atoms with Crippen LogP contribution in [0, 0.1) is 0 Å². The summed E-state index contributed by atoms with van der Waals surface area (Å²) in [6.07, 6.45) is 1.97. The van der Waals surface area contributed by atoms with Gasteiger partial charge in [-0.1, -0.05) is 6.07 Å². The Hall–Kier alpha value is -2.82. The highest BCUT2D eigenvalue weighted by atomic mass is 32.2. The van der Waals surface area contributed by atoms with Gasteiger partial charge in [-0.3, -0.25) is 9.82 Å². The number of rotatable bonds is 5. The van der Waals surface area contributed by atoms with E-state index < -0.39 is 10.0 Å². The van der Waals surface area contributed by atoms with Crippen molar-refractivity contribution in [3.63, 3.8) is 0 Å². The molecule has 1 aliphatic carbocycles. The minimum atomic E-state index is -3.33. The Morgan fingerprint density at radius 2 is 2.10 bits per heavy atom. The SMILES string of the molecule is CC(C)NC(=O)O[C@@H]1CC[C@H](c2cc(Nc3ccc4c(n3)NS(=O)(=O)C4)n[nH]2)C1. The van der Waals surface area contributed by atoms with Crippen LogP contribution in [0.1, 0.15) is 50.3 Å². The summed E-state index contributed by atoms with van der Waals surface area (Å²) in [6.45, 7) is 3.78. The molecule has 1 saturated carbocycles. The summed E-state index contributed by atoms with van der Waals surface area (Å²) >= 11 is 0. The van der Waals surface area contributed by atoms with Crippen LogP contribution < -0.4 is 15.4 Å². The normalized spacial score (nSPS) is 22.2. The summed E-state index contributed by atoms with van der Waals surface area (Å²) in [5.41, 5.74) is 1.61. The standard InChI is InChI=1S/C18H24N6O4S/c1-10(2)19-18(25)28-13-5-3-11(7-13)14-8-16(23-22-14)20-15-6-4-12-9-29(26,27)24-17(12)21-15/h4,6,8,10-11,13H,3,5,7,9H2,1-2H3,(H,19,25)(H3,20,21,22,23,24)/t11-,13+/m0/s1. The van der Waals surface area contributed by atoms with Crippen LogP contribution in [0.2, 0.25) is 0 Å². The van der Waals surface area contributed by atoms with Gasteiger partial charge in [0.15, 0.2) is 5.82 Å². The number of sulfonamides is 1. The number of aromatic nitrogens is 3. The lowest BCUT2D eigenvalue weighted by Crippen LogP contribution is -2.33. The highest BCUT2D eigenvalue weighted by molar-refractivity contribution is 7.92. The molecule has 10 nitrogen and oxygen atoms in total. The quantitative estimate of drug-likeness (QED) is 0.583. The molecule has 1 aliphatic heterocycles. The summed E-state index contributed by atoms with van der Waals surface area (Å²) < 4.78 is 31.2. The van der Waals surface area contributed by atoms with Crippen molar-refractivity contribution >= 4 is 33.6 Å². The van der Waals surface area contributed by atoms with E-state index in [4.69, 9.17) is 4.74 Å². The number of hydrogen-bond acceptors (Lipinski definition) is 7. The number of anilines is 3. The van der Waals surface area contributed by atoms with Crippen molar-refractivity contribution in [1.29, 1.82) is 0 Å². The van der Waals surface area contributed by atoms with Crippen molar-refractivity contribution in [1.82, 2.24) is 20.5 Å². The number of amides is 1. The molecule has 0 aromatic carbocycles. The van der Waals surface area contributed by atoms with Gasteiger partial charge in [-0.2, -0.15) is 5.10 Å². The third-order valence-corrected chi connectivity index (χ3v) is 6.13. The van der Waals surface area contributed by atoms with E-state index in [1.807, 2.05) is 19.9 Å². The third kappa shape index (κ3) is 4.61. The Morgan fingerprint density at radius 1 is 1.28 bits per heavy atom. The highest BCUT2D eigenvalue weighted by Crippen LogP contribution is 2.36. The Kier molecular flexibility index (Phi) is 5.07. The topological polar surface area (TPSA) is 138 Å². The zero-order valence-electron chi connectivity index (χ0n) is 16.2. The number of aromatic amines is 1. The largest absolute Gasteiger partial charge is 0.446 e. The monoisotopic (exact) mass is 420 g/mol. The molecule has 0 bridgehead atoms. The predicted octanol–water partition coefficient (Wildman–Crippen LogP) is 2.57. The Bertz CT molecular complexity index is 1020. The van der Waals surface area contributed by atoms with Gasteiger partial charge in [0.1, 0.15) is 17.7 Å². The van der Waals surface area contributed by atoms with E-state index in [2.05, 4.69) is 30.5 Å². The van der Waals surface area contributed by atoms with Crippen LogP contribution in [-0.2, 0) is 20.5 Å². The molecule has 11 heteroatoms. The van der Waals surface area contributed by atoms with Crippen LogP contribution >= 0.6 is 0 Å². The third-order valence-electron chi connectivity index (χ3n) is 4.93. The van der Waals surface area contributed by atoms with Crippen molar-refractivity contribution in [3.05, 3.63) is 29.5 Å². The summed E-state index contributed by atoms with van der Waals surface area (Å²) in [7, 11) is -3.33. The predicted molar refractivity (Wildman–Crippen MR) is 107 cm³/mol. The Labute approximate surface area is 168 Å². The summed E-state index contributed by atoms with van der Waals surface area (Å²) in [4.78, 5) is 16.1. The number of carbonyl (C=O) groups excluding carboxylic acids is 1. The lowest BCUT2D eigenvalue weighted by molar-refractivity contribution is 0.0981. The number of nitrogens with one attached hydrogen (secondary N) is 4. The molecular weight excluding hydrogens is 396 g/mol. The number of hydrogen-bond donors (Lipinski definition) is 4. The Morgan fingerprint density at radius 3 is 2.90 bits per heavy atom. The molecule has 0 spiro atoms. The fourth-order valence-corrected chi connectivity index (χ4v) is 4.83. The lowest BCUT2D eigenvalue weighted by Gasteiger charge is -2.14. The van der Waals surface area contributed by atoms with Gasteiger partial charge in [0, 0.05) is 29.3 Å². The van der Waals surface area contributed by atoms with Crippen molar-refractivity contribution < 1.29 is 17.9 Å². The molecule has 2 aromatic rings. The van der Waals surface area contributed by atoms with Crippen molar-refractivity contribution in [3.8, 4) is 0 Å². The first kappa shape index (κ1) is 19.5. The van der Waals surface area contributed by atoms with Gasteiger partial charge in [-0.05, 0) is 39.2 Å². The number of pyridine rings is 1. The van der Waals surface area contributed by atoms with Gasteiger partial charge in [0.25, 0.3) is 0 Å². The van der Waals surface area contributed by atoms with Crippen LogP contribution in [0.3, 0.4) is 0 Å². The van der Waals surface area contributed by atoms with Gasteiger partial charge in [0.05, 0.1) is 5.75 Å². The van der Waals surface area contributed by atoms with Crippen molar-refractivity contribution in [2.75, 3.05) is 10.0 Å². The van der Waals surface area contributed by atoms with E-state index >= 15 is 0 Å². The number of fused-ring (bicyclic) bond motifs is 1. The molecule has 0 saturated heterocycles. The maximum Gasteiger partial charge on any atom is 0.407 e. The molecular formula is C18H24N6O4S. The molecule has 29 heavy (non-hydrogen) atoms. The first-order valence-corrected chi connectivity index (χ1v) is 11.2. The van der Waals surface area contributed by atoms with Crippen molar-refractivity contribution in [2.45, 2.75) is 56.9 Å². The van der Waals surface area contributed by atoms with Crippen LogP contribution in [0.4, 0.5) is 22.2 Å². The number of nitrogens with zero attached hydrogens (tertiary/aromatic N) is 2. The molecule has 2 aromatic heterocycles. The number of alkyl carbamates (subject to hydrolysis) is 1. The highest BCUT2D eigenvalue weighted by Gasteiger charge is 2.30. The number of H-pyrrole nitrogens is 1. The van der Waals surface area contributed by atoms with Gasteiger partial charge in [0.2, 0.25) is 10.0 Å². The molecule has 1 amide bonds. The Balaban J connectivity index is 1.36. The van der Waals surface area contributed by atoms with Crippen LogP contribution in [-0.4, -0.2) is 41.8 Å². The zero-order chi connectivity index (χ0) is 20.6. The second-order valence-electron chi connectivity index (χ2n) is 7.74. The van der Waals surface area contributed by atoms with E-state index in [9.17, 15) is 13.2 Å². The van der Waals surface area contributed by atoms with Crippen LogP contribution in [0.15, 0.2) is 18.2 Å². The molecule has 1 fully saturated rings. The number of carbonyl (C=O) groups is 1. The number of ether oxygens (including phenoxy) is 1. The first-order chi connectivity index (χ1) is 13.8. The molecule has 2 atom stereocenters. The summed E-state index contributed by atoms with van der Waals surface area (Å²) in [5, 5.41) is 13.1. The maximum absolute atomic E-state index is 11.8. The van der Waals surface area contributed by atoms with E-state index in [-0.39, 0.29) is 29.9 Å². The minimum Gasteiger partial charge on any atom is -0.446 e. The van der Waals surface area contributed by atoms with E-state index in [0.717, 1.165) is 25.0 Å². The summed E-state index contributed by atoms with van der Waals surface area (Å²) in [6, 6.07) is 5.41. The van der Waals surface area contributed by atoms with E-state index in [1.165, 1.54) is 0 Å². The smallest absolute Gasteiger partial charge is 0.407 e. The molecule has 0 unspecified atom stereocenters. The van der Waals surface area contributed by atoms with Crippen LogP contribution in [0.5, 0.6) is 0 Å². The average Bonchev–Trinajstić information content (AvgIpc) is 3.31. The second-order valence-corrected chi connectivity index (χ2v) is 9.46. The minimum absolute atomic E-state index is 0.0454. The molecule has 156 valence electrons. The van der Waals surface area contributed by atoms with E-state index in [1.54, 1.807) is 12.1 Å². The average molecular weight is 420 g/mol. The van der Waals surface area contributed by atoms with Gasteiger partial charge in [-0.15, -0.1) is 0 Å². The van der Waals surface area contributed by atoms with Crippen molar-refractivity contribution in [2.24, 2.45) is 0 Å². The van der Waals surface area contributed by atoms with Crippen LogP contribution in [0.25, 0.3) is 0 Å². The molecule has 4 rings (SSSR count). The van der Waals surface area contributed by atoms with Gasteiger partial charge >= 0.3 is 6.09 Å². The molecule has 2 aliphatic rings. The fraction of sp³-hybridized carbons (Fsp3) is 0.500. The van der Waals surface area contributed by atoms with Gasteiger partial charge in [-0.25, -0.2) is 18.2 Å². The van der Waals surface area contributed by atoms with E-state index in [0.29, 0.717) is 23.0 Å². The molecule has 3 heterocycles. The maximum atomic E-state index is 11.8.